The molecule has 1 aromatic carbocycles. The van der Waals surface area contributed by atoms with Crippen molar-refractivity contribution >= 4 is 0 Å². The first-order chi connectivity index (χ1) is 10.9. The average Bonchev–Trinajstić information content (AvgIpc) is 2.58. The lowest BCUT2D eigenvalue weighted by Crippen LogP contribution is -1.86. The quantitative estimate of drug-likeness (QED) is 0.258. The molecule has 0 bridgehead atoms. The molecule has 0 saturated carbocycles. The van der Waals surface area contributed by atoms with Crippen molar-refractivity contribution in [1.29, 1.82) is 0 Å². The molecule has 0 N–H and O–H groups in total. The fourth-order valence-electron chi connectivity index (χ4n) is 2.81. The van der Waals surface area contributed by atoms with Crippen LogP contribution in [0.25, 0.3) is 0 Å². The van der Waals surface area contributed by atoms with Crippen LogP contribution in [0.1, 0.15) is 89.5 Å². The van der Waals surface area contributed by atoms with E-state index in [1.807, 2.05) is 0 Å². The largest absolute Gasteiger partial charge is 0.106 e. The molecule has 0 saturated heterocycles. The molecule has 0 radical (unpaired) electrons. The van der Waals surface area contributed by atoms with Gasteiger partial charge in [0.05, 0.1) is 0 Å². The second-order valence-corrected chi connectivity index (χ2v) is 6.12. The Bertz CT molecular complexity index is 301. The fraction of sp³-hybridized carbons (Fsp3) is 0.636. The van der Waals surface area contributed by atoms with Crippen molar-refractivity contribution in [2.75, 3.05) is 0 Å². The monoisotopic (exact) mass is 302 g/mol. The Balaban J connectivity index is 0.00000211. The van der Waals surface area contributed by atoms with Gasteiger partial charge in [0.2, 0.25) is 0 Å². The molecule has 0 aliphatic carbocycles. The Morgan fingerprint density at radius 2 is 1.00 bits per heavy atom. The van der Waals surface area contributed by atoms with E-state index in [0.717, 1.165) is 0 Å². The standard InChI is InChI=1S/C20H34.C2H4/c1-2-3-4-5-6-7-8-9-10-11-12-14-17-20-18-15-13-16-19-20;1-2/h13,15-16,18-19H,2-12,14,17H2,1H3;1-2H2. The number of rotatable bonds is 13. The maximum absolute atomic E-state index is 3.00. The molecule has 0 aliphatic rings. The highest BCUT2D eigenvalue weighted by Gasteiger charge is 1.94. The molecule has 0 unspecified atom stereocenters. The lowest BCUT2D eigenvalue weighted by atomic mass is 10.0. The fourth-order valence-corrected chi connectivity index (χ4v) is 2.81. The van der Waals surface area contributed by atoms with E-state index in [1.54, 1.807) is 0 Å². The van der Waals surface area contributed by atoms with E-state index in [-0.39, 0.29) is 0 Å². The summed E-state index contributed by atoms with van der Waals surface area (Å²) in [6, 6.07) is 10.9. The summed E-state index contributed by atoms with van der Waals surface area (Å²) < 4.78 is 0. The van der Waals surface area contributed by atoms with E-state index >= 15 is 0 Å². The maximum Gasteiger partial charge on any atom is -0.0279 e. The molecule has 1 aromatic rings. The zero-order chi connectivity index (χ0) is 16.3. The van der Waals surface area contributed by atoms with Crippen LogP contribution in [0.15, 0.2) is 43.5 Å². The molecule has 126 valence electrons. The highest BCUT2D eigenvalue weighted by atomic mass is 14.0. The summed E-state index contributed by atoms with van der Waals surface area (Å²) in [6.07, 6.45) is 18.5. The van der Waals surface area contributed by atoms with Crippen molar-refractivity contribution in [3.8, 4) is 0 Å². The van der Waals surface area contributed by atoms with Crippen LogP contribution in [0.3, 0.4) is 0 Å². The van der Waals surface area contributed by atoms with Gasteiger partial charge in [0.1, 0.15) is 0 Å². The molecule has 0 nitrogen and oxygen atoms in total. The summed E-state index contributed by atoms with van der Waals surface area (Å²) in [7, 11) is 0. The van der Waals surface area contributed by atoms with Crippen LogP contribution in [0.5, 0.6) is 0 Å². The minimum absolute atomic E-state index is 1.26. The van der Waals surface area contributed by atoms with Gasteiger partial charge in [-0.05, 0) is 18.4 Å². The highest BCUT2D eigenvalue weighted by molar-refractivity contribution is 5.14. The van der Waals surface area contributed by atoms with Crippen LogP contribution in [0.2, 0.25) is 0 Å². The topological polar surface area (TPSA) is 0 Å². The van der Waals surface area contributed by atoms with Gasteiger partial charge >= 0.3 is 0 Å². The number of unbranched alkanes of at least 4 members (excludes halogenated alkanes) is 11. The summed E-state index contributed by atoms with van der Waals surface area (Å²) >= 11 is 0. The van der Waals surface area contributed by atoms with Gasteiger partial charge in [-0.25, -0.2) is 0 Å². The van der Waals surface area contributed by atoms with Crippen LogP contribution in [-0.2, 0) is 6.42 Å². The van der Waals surface area contributed by atoms with Crippen LogP contribution >= 0.6 is 0 Å². The Labute approximate surface area is 140 Å². The Morgan fingerprint density at radius 1 is 0.591 bits per heavy atom. The van der Waals surface area contributed by atoms with Crippen molar-refractivity contribution in [2.24, 2.45) is 0 Å². The SMILES string of the molecule is C=C.CCCCCCCCCCCCCCc1ccccc1. The van der Waals surface area contributed by atoms with E-state index in [4.69, 9.17) is 0 Å². The summed E-state index contributed by atoms with van der Waals surface area (Å²) in [6.45, 7) is 8.29. The smallest absolute Gasteiger partial charge is 0.0279 e. The van der Waals surface area contributed by atoms with Crippen molar-refractivity contribution < 1.29 is 0 Å². The van der Waals surface area contributed by atoms with Gasteiger partial charge in [-0.1, -0.05) is 108 Å². The number of aryl methyl sites for hydroxylation is 1. The van der Waals surface area contributed by atoms with E-state index < -0.39 is 0 Å². The molecular weight excluding hydrogens is 264 g/mol. The lowest BCUT2D eigenvalue weighted by Gasteiger charge is -2.03. The molecular formula is C22H38. The third-order valence-corrected chi connectivity index (χ3v) is 4.16. The zero-order valence-corrected chi connectivity index (χ0v) is 15.0. The Morgan fingerprint density at radius 3 is 1.45 bits per heavy atom. The van der Waals surface area contributed by atoms with Crippen molar-refractivity contribution in [3.05, 3.63) is 49.1 Å². The predicted molar refractivity (Wildman–Crippen MR) is 102 cm³/mol. The van der Waals surface area contributed by atoms with Crippen LogP contribution in [0, 0.1) is 0 Å². The molecule has 0 heterocycles. The molecule has 1 rings (SSSR count). The Hall–Kier alpha value is -1.04. The lowest BCUT2D eigenvalue weighted by molar-refractivity contribution is 0.544. The van der Waals surface area contributed by atoms with Crippen LogP contribution in [0.4, 0.5) is 0 Å². The average molecular weight is 303 g/mol. The summed E-state index contributed by atoms with van der Waals surface area (Å²) in [4.78, 5) is 0. The van der Waals surface area contributed by atoms with Gasteiger partial charge < -0.3 is 0 Å². The van der Waals surface area contributed by atoms with Gasteiger partial charge in [0, 0.05) is 0 Å². The maximum atomic E-state index is 3.00. The number of hydrogen-bond acceptors (Lipinski definition) is 0. The van der Waals surface area contributed by atoms with Crippen LogP contribution in [-0.4, -0.2) is 0 Å². The molecule has 0 aromatic heterocycles. The second-order valence-electron chi connectivity index (χ2n) is 6.12. The molecule has 0 aliphatic heterocycles. The third kappa shape index (κ3) is 13.9. The van der Waals surface area contributed by atoms with E-state index in [0.29, 0.717) is 0 Å². The number of hydrogen-bond donors (Lipinski definition) is 0. The van der Waals surface area contributed by atoms with Crippen molar-refractivity contribution in [2.45, 2.75) is 90.4 Å². The summed E-state index contributed by atoms with van der Waals surface area (Å²) in [5.74, 6) is 0. The first-order valence-corrected chi connectivity index (χ1v) is 9.47. The highest BCUT2D eigenvalue weighted by Crippen LogP contribution is 2.13. The molecule has 0 fully saturated rings. The molecule has 0 atom stereocenters. The van der Waals surface area contributed by atoms with Gasteiger partial charge in [-0.2, -0.15) is 0 Å². The summed E-state index contributed by atoms with van der Waals surface area (Å²) in [5.41, 5.74) is 1.50. The molecule has 22 heavy (non-hydrogen) atoms. The first kappa shape index (κ1) is 21.0. The molecule has 0 amide bonds. The van der Waals surface area contributed by atoms with Crippen molar-refractivity contribution in [1.82, 2.24) is 0 Å². The third-order valence-electron chi connectivity index (χ3n) is 4.16. The van der Waals surface area contributed by atoms with E-state index in [2.05, 4.69) is 50.4 Å². The van der Waals surface area contributed by atoms with Gasteiger partial charge in [-0.15, -0.1) is 13.2 Å². The number of benzene rings is 1. The molecule has 0 heteroatoms. The predicted octanol–water partition coefficient (Wildman–Crippen LogP) is 7.73. The van der Waals surface area contributed by atoms with Gasteiger partial charge in [0.15, 0.2) is 0 Å². The normalized spacial score (nSPS) is 10.0. The first-order valence-electron chi connectivity index (χ1n) is 9.47. The van der Waals surface area contributed by atoms with Crippen molar-refractivity contribution in [3.63, 3.8) is 0 Å². The second kappa shape index (κ2) is 18.0. The van der Waals surface area contributed by atoms with E-state index in [1.165, 1.54) is 89.0 Å². The minimum atomic E-state index is 1.26. The minimum Gasteiger partial charge on any atom is -0.106 e. The van der Waals surface area contributed by atoms with Gasteiger partial charge in [-0.3, -0.25) is 0 Å². The van der Waals surface area contributed by atoms with E-state index in [9.17, 15) is 0 Å². The zero-order valence-electron chi connectivity index (χ0n) is 15.0. The summed E-state index contributed by atoms with van der Waals surface area (Å²) in [5, 5.41) is 0. The Kier molecular flexibility index (Phi) is 17.2. The van der Waals surface area contributed by atoms with Crippen LogP contribution < -0.4 is 0 Å². The van der Waals surface area contributed by atoms with Gasteiger partial charge in [0.25, 0.3) is 0 Å². The molecule has 0 spiro atoms.